The molecule has 0 heterocycles. The van der Waals surface area contributed by atoms with Crippen molar-refractivity contribution in [2.45, 2.75) is 0 Å². The van der Waals surface area contributed by atoms with Gasteiger partial charge in [-0.3, -0.25) is 14.9 Å². The molecule has 1 rings (SSSR count). The first kappa shape index (κ1) is 15.9. The zero-order chi connectivity index (χ0) is 15.1. The van der Waals surface area contributed by atoms with E-state index < -0.39 is 10.8 Å². The number of nitrogens with zero attached hydrogens (tertiary/aromatic N) is 2. The van der Waals surface area contributed by atoms with E-state index in [-0.39, 0.29) is 36.6 Å². The number of benzene rings is 1. The van der Waals surface area contributed by atoms with Gasteiger partial charge in [-0.1, -0.05) is 0 Å². The molecule has 1 amide bonds. The van der Waals surface area contributed by atoms with Crippen molar-refractivity contribution in [1.29, 1.82) is 0 Å². The standard InChI is InChI=1S/C12H17N3O5/c1-20-7-5-14(4-6-16)12(17)9-2-3-10(13)11(8-9)15(18)19/h2-3,8,16H,4-7,13H2,1H3. The number of hydrogen-bond acceptors (Lipinski definition) is 6. The fourth-order valence-corrected chi connectivity index (χ4v) is 1.65. The van der Waals surface area contributed by atoms with Crippen molar-refractivity contribution in [1.82, 2.24) is 4.90 Å². The highest BCUT2D eigenvalue weighted by atomic mass is 16.6. The zero-order valence-electron chi connectivity index (χ0n) is 11.1. The molecule has 0 spiro atoms. The number of ether oxygens (including phenoxy) is 1. The van der Waals surface area contributed by atoms with E-state index in [0.29, 0.717) is 6.61 Å². The lowest BCUT2D eigenvalue weighted by Gasteiger charge is -2.21. The number of aliphatic hydroxyl groups excluding tert-OH is 1. The van der Waals surface area contributed by atoms with E-state index in [4.69, 9.17) is 15.6 Å². The summed E-state index contributed by atoms with van der Waals surface area (Å²) in [6.45, 7) is 0.518. The summed E-state index contributed by atoms with van der Waals surface area (Å²) in [6.07, 6.45) is 0. The van der Waals surface area contributed by atoms with Crippen LogP contribution in [-0.2, 0) is 4.74 Å². The van der Waals surface area contributed by atoms with Gasteiger partial charge in [-0.2, -0.15) is 0 Å². The third kappa shape index (κ3) is 3.90. The van der Waals surface area contributed by atoms with Crippen LogP contribution in [0.5, 0.6) is 0 Å². The van der Waals surface area contributed by atoms with E-state index in [0.717, 1.165) is 6.07 Å². The molecular weight excluding hydrogens is 266 g/mol. The average Bonchev–Trinajstić information content (AvgIpc) is 2.43. The molecule has 1 aromatic rings. The maximum absolute atomic E-state index is 12.2. The molecule has 0 aliphatic heterocycles. The highest BCUT2D eigenvalue weighted by molar-refractivity contribution is 5.95. The van der Waals surface area contributed by atoms with Crippen molar-refractivity contribution < 1.29 is 19.6 Å². The Bertz CT molecular complexity index is 492. The highest BCUT2D eigenvalue weighted by Gasteiger charge is 2.19. The zero-order valence-corrected chi connectivity index (χ0v) is 11.1. The number of methoxy groups -OCH3 is 1. The van der Waals surface area contributed by atoms with Gasteiger partial charge in [-0.15, -0.1) is 0 Å². The number of hydrogen-bond donors (Lipinski definition) is 2. The quantitative estimate of drug-likeness (QED) is 0.421. The predicted molar refractivity (Wildman–Crippen MR) is 72.4 cm³/mol. The summed E-state index contributed by atoms with van der Waals surface area (Å²) in [6, 6.07) is 3.87. The van der Waals surface area contributed by atoms with Crippen LogP contribution in [0.3, 0.4) is 0 Å². The maximum Gasteiger partial charge on any atom is 0.292 e. The van der Waals surface area contributed by atoms with Gasteiger partial charge in [0.25, 0.3) is 11.6 Å². The Kier molecular flexibility index (Phi) is 5.88. The lowest BCUT2D eigenvalue weighted by molar-refractivity contribution is -0.383. The summed E-state index contributed by atoms with van der Waals surface area (Å²) >= 11 is 0. The fourth-order valence-electron chi connectivity index (χ4n) is 1.65. The molecule has 8 nitrogen and oxygen atoms in total. The summed E-state index contributed by atoms with van der Waals surface area (Å²) < 4.78 is 4.88. The van der Waals surface area contributed by atoms with Crippen LogP contribution in [0.15, 0.2) is 18.2 Å². The van der Waals surface area contributed by atoms with Gasteiger partial charge in [0.1, 0.15) is 5.69 Å². The maximum atomic E-state index is 12.2. The SMILES string of the molecule is COCCN(CCO)C(=O)c1ccc(N)c([N+](=O)[O-])c1. The summed E-state index contributed by atoms with van der Waals surface area (Å²) in [5, 5.41) is 19.8. The lowest BCUT2D eigenvalue weighted by Crippen LogP contribution is -2.36. The third-order valence-electron chi connectivity index (χ3n) is 2.70. The summed E-state index contributed by atoms with van der Waals surface area (Å²) in [7, 11) is 1.50. The van der Waals surface area contributed by atoms with Crippen LogP contribution in [0.2, 0.25) is 0 Å². The van der Waals surface area contributed by atoms with Crippen molar-refractivity contribution in [2.75, 3.05) is 39.1 Å². The number of nitrogens with two attached hydrogens (primary N) is 1. The molecule has 0 aromatic heterocycles. The Morgan fingerprint density at radius 1 is 1.50 bits per heavy atom. The number of carbonyl (C=O) groups is 1. The second-order valence-corrected chi connectivity index (χ2v) is 4.04. The van der Waals surface area contributed by atoms with Crippen molar-refractivity contribution in [3.8, 4) is 0 Å². The summed E-state index contributed by atoms with van der Waals surface area (Å²) in [5.41, 5.74) is 5.31. The van der Waals surface area contributed by atoms with E-state index in [1.807, 2.05) is 0 Å². The van der Waals surface area contributed by atoms with E-state index in [1.165, 1.54) is 24.1 Å². The van der Waals surface area contributed by atoms with Gasteiger partial charge in [-0.05, 0) is 12.1 Å². The first-order valence-electron chi connectivity index (χ1n) is 5.94. The van der Waals surface area contributed by atoms with Crippen molar-refractivity contribution in [3.63, 3.8) is 0 Å². The Balaban J connectivity index is 2.99. The first-order chi connectivity index (χ1) is 9.51. The Morgan fingerprint density at radius 2 is 2.20 bits per heavy atom. The average molecular weight is 283 g/mol. The third-order valence-corrected chi connectivity index (χ3v) is 2.70. The minimum absolute atomic E-state index is 0.00264. The predicted octanol–water partition coefficient (Wildman–Crippen LogP) is 0.258. The van der Waals surface area contributed by atoms with Gasteiger partial charge in [0.05, 0.1) is 18.1 Å². The van der Waals surface area contributed by atoms with Gasteiger partial charge < -0.3 is 20.5 Å². The van der Waals surface area contributed by atoms with Crippen molar-refractivity contribution >= 4 is 17.3 Å². The smallest absolute Gasteiger partial charge is 0.292 e. The molecule has 0 aliphatic rings. The monoisotopic (exact) mass is 283 g/mol. The number of aliphatic hydroxyl groups is 1. The Labute approximate surface area is 115 Å². The van der Waals surface area contributed by atoms with E-state index >= 15 is 0 Å². The van der Waals surface area contributed by atoms with Crippen LogP contribution in [0.4, 0.5) is 11.4 Å². The van der Waals surface area contributed by atoms with Gasteiger partial charge in [0, 0.05) is 31.8 Å². The second kappa shape index (κ2) is 7.41. The van der Waals surface area contributed by atoms with E-state index in [9.17, 15) is 14.9 Å². The van der Waals surface area contributed by atoms with E-state index in [2.05, 4.69) is 0 Å². The van der Waals surface area contributed by atoms with Crippen LogP contribution in [-0.4, -0.2) is 54.3 Å². The number of nitro benzene ring substituents is 1. The molecule has 0 unspecified atom stereocenters. The molecule has 0 aliphatic carbocycles. The van der Waals surface area contributed by atoms with Crippen LogP contribution < -0.4 is 5.73 Å². The van der Waals surface area contributed by atoms with Crippen molar-refractivity contribution in [2.24, 2.45) is 0 Å². The van der Waals surface area contributed by atoms with Gasteiger partial charge in [0.15, 0.2) is 0 Å². The number of nitrogen functional groups attached to an aromatic ring is 1. The Hall–Kier alpha value is -2.19. The summed E-state index contributed by atoms with van der Waals surface area (Å²) in [4.78, 5) is 23.7. The number of carbonyl (C=O) groups excluding carboxylic acids is 1. The van der Waals surface area contributed by atoms with Gasteiger partial charge in [-0.25, -0.2) is 0 Å². The van der Waals surface area contributed by atoms with Crippen LogP contribution in [0.25, 0.3) is 0 Å². The molecule has 110 valence electrons. The molecule has 0 fully saturated rings. The van der Waals surface area contributed by atoms with Crippen LogP contribution in [0.1, 0.15) is 10.4 Å². The summed E-state index contributed by atoms with van der Waals surface area (Å²) in [5.74, 6) is -0.417. The van der Waals surface area contributed by atoms with E-state index in [1.54, 1.807) is 0 Å². The molecule has 0 saturated carbocycles. The second-order valence-electron chi connectivity index (χ2n) is 4.04. The first-order valence-corrected chi connectivity index (χ1v) is 5.94. The highest BCUT2D eigenvalue weighted by Crippen LogP contribution is 2.23. The fraction of sp³-hybridized carbons (Fsp3) is 0.417. The number of anilines is 1. The molecule has 0 atom stereocenters. The molecule has 3 N–H and O–H groups in total. The normalized spacial score (nSPS) is 10.3. The Morgan fingerprint density at radius 3 is 2.75 bits per heavy atom. The minimum atomic E-state index is -0.641. The molecule has 0 radical (unpaired) electrons. The lowest BCUT2D eigenvalue weighted by atomic mass is 10.1. The van der Waals surface area contributed by atoms with Crippen LogP contribution >= 0.6 is 0 Å². The van der Waals surface area contributed by atoms with Gasteiger partial charge in [0.2, 0.25) is 0 Å². The van der Waals surface area contributed by atoms with Crippen LogP contribution in [0, 0.1) is 10.1 Å². The number of rotatable bonds is 7. The van der Waals surface area contributed by atoms with Crippen molar-refractivity contribution in [3.05, 3.63) is 33.9 Å². The van der Waals surface area contributed by atoms with Gasteiger partial charge >= 0.3 is 0 Å². The topological polar surface area (TPSA) is 119 Å². The molecule has 1 aromatic carbocycles. The molecule has 20 heavy (non-hydrogen) atoms. The minimum Gasteiger partial charge on any atom is -0.395 e. The molecule has 0 saturated heterocycles. The molecule has 8 heteroatoms. The molecule has 0 bridgehead atoms. The molecular formula is C12H17N3O5. The largest absolute Gasteiger partial charge is 0.395 e. The number of nitro groups is 1. The number of amides is 1.